The minimum absolute atomic E-state index is 0.0652. The molecule has 0 heterocycles. The van der Waals surface area contributed by atoms with E-state index in [0.29, 0.717) is 24.9 Å². The van der Waals surface area contributed by atoms with Crippen molar-refractivity contribution in [2.75, 3.05) is 13.1 Å². The molecule has 1 aromatic rings. The number of carbonyl (C=O) groups is 2. The van der Waals surface area contributed by atoms with Crippen molar-refractivity contribution in [2.24, 2.45) is 0 Å². The van der Waals surface area contributed by atoms with Gasteiger partial charge in [-0.25, -0.2) is 0 Å². The van der Waals surface area contributed by atoms with Gasteiger partial charge in [-0.3, -0.25) is 9.59 Å². The van der Waals surface area contributed by atoms with Gasteiger partial charge in [-0.2, -0.15) is 0 Å². The molecule has 1 aliphatic carbocycles. The first kappa shape index (κ1) is 17.3. The fourth-order valence-corrected chi connectivity index (χ4v) is 2.73. The standard InChI is InChI=1S/C19H26N2O2/c22-18(20-15-13-16-8-3-1-4-9-16)12-7-14-21-19(23)17-10-5-2-6-11-17/h2,5-6,8,10-11H,1,3-4,7,9,12-15H2,(H,20,22)(H,21,23). The lowest BCUT2D eigenvalue weighted by Crippen LogP contribution is -2.28. The number of nitrogens with one attached hydrogen (secondary N) is 2. The van der Waals surface area contributed by atoms with Gasteiger partial charge in [-0.15, -0.1) is 0 Å². The van der Waals surface area contributed by atoms with Crippen LogP contribution in [0.15, 0.2) is 42.0 Å². The molecule has 0 saturated carbocycles. The molecule has 0 bridgehead atoms. The number of hydrogen-bond donors (Lipinski definition) is 2. The van der Waals surface area contributed by atoms with E-state index in [-0.39, 0.29) is 11.8 Å². The van der Waals surface area contributed by atoms with Crippen molar-refractivity contribution in [3.63, 3.8) is 0 Å². The summed E-state index contributed by atoms with van der Waals surface area (Å²) < 4.78 is 0. The van der Waals surface area contributed by atoms with Gasteiger partial charge < -0.3 is 10.6 Å². The highest BCUT2D eigenvalue weighted by Gasteiger charge is 2.06. The largest absolute Gasteiger partial charge is 0.356 e. The molecule has 0 unspecified atom stereocenters. The van der Waals surface area contributed by atoms with Crippen molar-refractivity contribution < 1.29 is 9.59 Å². The van der Waals surface area contributed by atoms with Gasteiger partial charge >= 0.3 is 0 Å². The molecule has 0 aromatic heterocycles. The number of hydrogen-bond acceptors (Lipinski definition) is 2. The molecule has 23 heavy (non-hydrogen) atoms. The molecule has 0 atom stereocenters. The summed E-state index contributed by atoms with van der Waals surface area (Å²) in [6, 6.07) is 9.11. The Morgan fingerprint density at radius 2 is 1.83 bits per heavy atom. The number of allylic oxidation sites excluding steroid dienone is 1. The lowest BCUT2D eigenvalue weighted by atomic mass is 9.97. The first-order chi connectivity index (χ1) is 11.3. The predicted molar refractivity (Wildman–Crippen MR) is 92.2 cm³/mol. The van der Waals surface area contributed by atoms with Crippen LogP contribution in [0, 0.1) is 0 Å². The second kappa shape index (κ2) is 9.82. The van der Waals surface area contributed by atoms with Crippen molar-refractivity contribution in [3.05, 3.63) is 47.5 Å². The van der Waals surface area contributed by atoms with Crippen LogP contribution in [0.4, 0.5) is 0 Å². The lowest BCUT2D eigenvalue weighted by molar-refractivity contribution is -0.121. The average Bonchev–Trinajstić information content (AvgIpc) is 2.60. The summed E-state index contributed by atoms with van der Waals surface area (Å²) in [6.07, 6.45) is 9.34. The molecule has 4 nitrogen and oxygen atoms in total. The van der Waals surface area contributed by atoms with Crippen molar-refractivity contribution in [1.29, 1.82) is 0 Å². The highest BCUT2D eigenvalue weighted by Crippen LogP contribution is 2.19. The van der Waals surface area contributed by atoms with Gasteiger partial charge in [0.05, 0.1) is 0 Å². The zero-order valence-electron chi connectivity index (χ0n) is 13.6. The fourth-order valence-electron chi connectivity index (χ4n) is 2.73. The number of rotatable bonds is 8. The maximum atomic E-state index is 11.8. The molecular weight excluding hydrogens is 288 g/mol. The van der Waals surface area contributed by atoms with E-state index < -0.39 is 0 Å². The van der Waals surface area contributed by atoms with Crippen LogP contribution < -0.4 is 10.6 Å². The molecule has 2 amide bonds. The van der Waals surface area contributed by atoms with Crippen LogP contribution in [-0.2, 0) is 4.79 Å². The predicted octanol–water partition coefficient (Wildman–Crippen LogP) is 3.20. The van der Waals surface area contributed by atoms with Crippen LogP contribution in [0.5, 0.6) is 0 Å². The van der Waals surface area contributed by atoms with Gasteiger partial charge in [-0.05, 0) is 50.7 Å². The number of benzene rings is 1. The Kier molecular flexibility index (Phi) is 7.37. The Labute approximate surface area is 138 Å². The Morgan fingerprint density at radius 1 is 1.00 bits per heavy atom. The first-order valence-electron chi connectivity index (χ1n) is 8.53. The molecule has 0 saturated heterocycles. The van der Waals surface area contributed by atoms with Crippen LogP contribution in [0.2, 0.25) is 0 Å². The average molecular weight is 314 g/mol. The van der Waals surface area contributed by atoms with E-state index in [0.717, 1.165) is 13.0 Å². The Hall–Kier alpha value is -2.10. The van der Waals surface area contributed by atoms with Gasteiger partial charge in [0, 0.05) is 25.1 Å². The molecule has 0 radical (unpaired) electrons. The first-order valence-corrected chi connectivity index (χ1v) is 8.53. The van der Waals surface area contributed by atoms with Crippen molar-refractivity contribution in [2.45, 2.75) is 44.9 Å². The molecule has 1 aliphatic rings. The van der Waals surface area contributed by atoms with E-state index in [1.807, 2.05) is 18.2 Å². The van der Waals surface area contributed by atoms with Crippen LogP contribution in [-0.4, -0.2) is 24.9 Å². The van der Waals surface area contributed by atoms with E-state index in [1.54, 1.807) is 12.1 Å². The quantitative estimate of drug-likeness (QED) is 0.572. The summed E-state index contributed by atoms with van der Waals surface area (Å²) >= 11 is 0. The van der Waals surface area contributed by atoms with E-state index in [1.165, 1.54) is 31.3 Å². The monoisotopic (exact) mass is 314 g/mol. The molecular formula is C19H26N2O2. The SMILES string of the molecule is O=C(CCCNC(=O)c1ccccc1)NCCC1=CCCCC1. The van der Waals surface area contributed by atoms with Crippen LogP contribution in [0.3, 0.4) is 0 Å². The van der Waals surface area contributed by atoms with E-state index in [9.17, 15) is 9.59 Å². The van der Waals surface area contributed by atoms with Gasteiger partial charge in [0.15, 0.2) is 0 Å². The highest BCUT2D eigenvalue weighted by molar-refractivity contribution is 5.94. The van der Waals surface area contributed by atoms with Crippen molar-refractivity contribution >= 4 is 11.8 Å². The molecule has 0 spiro atoms. The number of carbonyl (C=O) groups excluding carboxylic acids is 2. The normalized spacial score (nSPS) is 14.0. The second-order valence-corrected chi connectivity index (χ2v) is 5.93. The molecule has 0 aliphatic heterocycles. The smallest absolute Gasteiger partial charge is 0.251 e. The van der Waals surface area contributed by atoms with E-state index >= 15 is 0 Å². The van der Waals surface area contributed by atoms with Gasteiger partial charge in [0.2, 0.25) is 5.91 Å². The zero-order valence-corrected chi connectivity index (χ0v) is 13.6. The van der Waals surface area contributed by atoms with Crippen molar-refractivity contribution in [3.8, 4) is 0 Å². The minimum atomic E-state index is -0.0877. The molecule has 0 fully saturated rings. The van der Waals surface area contributed by atoms with Crippen molar-refractivity contribution in [1.82, 2.24) is 10.6 Å². The Morgan fingerprint density at radius 3 is 2.57 bits per heavy atom. The van der Waals surface area contributed by atoms with E-state index in [4.69, 9.17) is 0 Å². The summed E-state index contributed by atoms with van der Waals surface area (Å²) in [5, 5.41) is 5.79. The number of amides is 2. The summed E-state index contributed by atoms with van der Waals surface area (Å²) in [5.74, 6) is -0.0226. The van der Waals surface area contributed by atoms with Crippen LogP contribution in [0.25, 0.3) is 0 Å². The molecule has 124 valence electrons. The van der Waals surface area contributed by atoms with Gasteiger partial charge in [-0.1, -0.05) is 29.8 Å². The third-order valence-electron chi connectivity index (χ3n) is 4.06. The molecule has 2 rings (SSSR count). The summed E-state index contributed by atoms with van der Waals surface area (Å²) in [4.78, 5) is 23.6. The second-order valence-electron chi connectivity index (χ2n) is 5.93. The summed E-state index contributed by atoms with van der Waals surface area (Å²) in [7, 11) is 0. The zero-order chi connectivity index (χ0) is 16.3. The Balaban J connectivity index is 1.53. The topological polar surface area (TPSA) is 58.2 Å². The summed E-state index contributed by atoms with van der Waals surface area (Å²) in [6.45, 7) is 1.24. The maximum Gasteiger partial charge on any atom is 0.251 e. The van der Waals surface area contributed by atoms with Crippen LogP contribution in [0.1, 0.15) is 55.3 Å². The Bertz CT molecular complexity index is 538. The molecule has 2 N–H and O–H groups in total. The summed E-state index contributed by atoms with van der Waals surface area (Å²) in [5.41, 5.74) is 2.13. The molecule has 4 heteroatoms. The van der Waals surface area contributed by atoms with Gasteiger partial charge in [0.25, 0.3) is 5.91 Å². The maximum absolute atomic E-state index is 11.8. The van der Waals surface area contributed by atoms with E-state index in [2.05, 4.69) is 16.7 Å². The third kappa shape index (κ3) is 6.68. The fraction of sp³-hybridized carbons (Fsp3) is 0.474. The molecule has 1 aromatic carbocycles. The lowest BCUT2D eigenvalue weighted by Gasteiger charge is -2.13. The highest BCUT2D eigenvalue weighted by atomic mass is 16.2. The third-order valence-corrected chi connectivity index (χ3v) is 4.06. The minimum Gasteiger partial charge on any atom is -0.356 e. The van der Waals surface area contributed by atoms with Crippen LogP contribution >= 0.6 is 0 Å². The van der Waals surface area contributed by atoms with Gasteiger partial charge in [0.1, 0.15) is 0 Å².